The molecule has 4 N–H and O–H groups in total. The van der Waals surface area contributed by atoms with Crippen molar-refractivity contribution >= 4 is 27.8 Å². The van der Waals surface area contributed by atoms with E-state index in [1.165, 1.54) is 0 Å². The van der Waals surface area contributed by atoms with Gasteiger partial charge in [-0.25, -0.2) is 9.97 Å². The Hall–Kier alpha value is -4.28. The summed E-state index contributed by atoms with van der Waals surface area (Å²) in [5.74, 6) is 1.76. The van der Waals surface area contributed by atoms with Crippen LogP contribution in [-0.2, 0) is 5.41 Å². The first kappa shape index (κ1) is 30.2. The summed E-state index contributed by atoms with van der Waals surface area (Å²) in [6.07, 6.45) is 0.175. The van der Waals surface area contributed by atoms with Gasteiger partial charge in [-0.15, -0.1) is 0 Å². The van der Waals surface area contributed by atoms with Crippen LogP contribution in [0.5, 0.6) is 5.75 Å². The van der Waals surface area contributed by atoms with Gasteiger partial charge in [0.05, 0.1) is 42.2 Å². The first-order chi connectivity index (χ1) is 20.4. The molecule has 0 saturated carbocycles. The molecule has 1 atom stereocenters. The van der Waals surface area contributed by atoms with Gasteiger partial charge in [0.15, 0.2) is 0 Å². The van der Waals surface area contributed by atoms with Crippen LogP contribution in [0.4, 0.5) is 0 Å². The van der Waals surface area contributed by atoms with E-state index >= 15 is 0 Å². The molecule has 2 aromatic carbocycles. The molecule has 43 heavy (non-hydrogen) atoms. The van der Waals surface area contributed by atoms with E-state index in [9.17, 15) is 9.90 Å². The number of aromatic nitrogens is 4. The van der Waals surface area contributed by atoms with Crippen LogP contribution in [0.3, 0.4) is 0 Å². The molecule has 3 heterocycles. The van der Waals surface area contributed by atoms with Gasteiger partial charge in [-0.1, -0.05) is 25.9 Å². The van der Waals surface area contributed by atoms with Crippen LogP contribution in [0, 0.1) is 20.8 Å². The Labute approximate surface area is 250 Å². The summed E-state index contributed by atoms with van der Waals surface area (Å²) in [6, 6.07) is 9.88. The zero-order valence-electron chi connectivity index (χ0n) is 25.8. The predicted octanol–water partition coefficient (Wildman–Crippen LogP) is 5.53. The molecule has 0 aliphatic heterocycles. The Morgan fingerprint density at radius 1 is 1.12 bits per heavy atom. The maximum Gasteiger partial charge on any atom is 0.251 e. The number of hydrogen-bond donors (Lipinski definition) is 4. The standard InChI is InChI=1S/C33H39N5O5/c1-17-28(18(2)43-38-17)25-14-26-24(15-27(25)42-7)29-30(35-19(3)36-31(29)37-26)20-11-21(13-22(12-20)33(4,5)6)32(41)34-10-8-9-23(40)16-39/h11-15,23,39-40H,8-10,16H2,1-7H3,(H,34,41)(H,35,36,37). The number of rotatable bonds is 9. The molecule has 5 rings (SSSR count). The van der Waals surface area contributed by atoms with E-state index in [-0.39, 0.29) is 17.9 Å². The highest BCUT2D eigenvalue weighted by Crippen LogP contribution is 2.42. The zero-order valence-corrected chi connectivity index (χ0v) is 25.8. The Bertz CT molecular complexity index is 1800. The van der Waals surface area contributed by atoms with Crippen molar-refractivity contribution in [2.45, 2.75) is 65.9 Å². The van der Waals surface area contributed by atoms with Crippen molar-refractivity contribution in [1.82, 2.24) is 25.4 Å². The monoisotopic (exact) mass is 585 g/mol. The number of ether oxygens (including phenoxy) is 1. The second kappa shape index (κ2) is 11.8. The highest BCUT2D eigenvalue weighted by molar-refractivity contribution is 6.14. The molecule has 0 spiro atoms. The number of nitrogens with zero attached hydrogens (tertiary/aromatic N) is 3. The summed E-state index contributed by atoms with van der Waals surface area (Å²) in [7, 11) is 1.64. The molecule has 0 fully saturated rings. The lowest BCUT2D eigenvalue weighted by Crippen LogP contribution is -2.26. The third-order valence-corrected chi connectivity index (χ3v) is 7.73. The molecule has 0 saturated heterocycles. The number of aromatic amines is 1. The first-order valence-corrected chi connectivity index (χ1v) is 14.5. The first-order valence-electron chi connectivity index (χ1n) is 14.5. The van der Waals surface area contributed by atoms with Gasteiger partial charge in [0.1, 0.15) is 23.0 Å². The van der Waals surface area contributed by atoms with Crippen molar-refractivity contribution < 1.29 is 24.3 Å². The fraction of sp³-hybridized carbons (Fsp3) is 0.394. The molecular formula is C33H39N5O5. The van der Waals surface area contributed by atoms with Crippen LogP contribution in [0.25, 0.3) is 44.3 Å². The van der Waals surface area contributed by atoms with Crippen LogP contribution < -0.4 is 10.1 Å². The topological polar surface area (TPSA) is 146 Å². The Balaban J connectivity index is 1.66. The van der Waals surface area contributed by atoms with Crippen molar-refractivity contribution in [1.29, 1.82) is 0 Å². The molecule has 10 heteroatoms. The van der Waals surface area contributed by atoms with E-state index in [2.05, 4.69) is 42.3 Å². The fourth-order valence-electron chi connectivity index (χ4n) is 5.44. The molecule has 1 amide bonds. The number of aliphatic hydroxyl groups is 2. The average molecular weight is 586 g/mol. The molecule has 0 bridgehead atoms. The fourth-order valence-corrected chi connectivity index (χ4v) is 5.44. The number of benzene rings is 2. The third-order valence-electron chi connectivity index (χ3n) is 7.73. The molecule has 0 aliphatic carbocycles. The van der Waals surface area contributed by atoms with Gasteiger partial charge in [0, 0.05) is 34.1 Å². The minimum atomic E-state index is -0.786. The minimum absolute atomic E-state index is 0.211. The van der Waals surface area contributed by atoms with Crippen LogP contribution in [0.15, 0.2) is 34.9 Å². The van der Waals surface area contributed by atoms with E-state index in [1.807, 2.05) is 45.0 Å². The van der Waals surface area contributed by atoms with Crippen molar-refractivity contribution in [2.75, 3.05) is 20.3 Å². The molecule has 0 radical (unpaired) electrons. The second-order valence-electron chi connectivity index (χ2n) is 12.0. The van der Waals surface area contributed by atoms with E-state index in [1.54, 1.807) is 7.11 Å². The van der Waals surface area contributed by atoms with Crippen molar-refractivity contribution in [3.05, 3.63) is 58.7 Å². The van der Waals surface area contributed by atoms with Gasteiger partial charge in [-0.2, -0.15) is 0 Å². The van der Waals surface area contributed by atoms with E-state index < -0.39 is 6.10 Å². The zero-order chi connectivity index (χ0) is 31.1. The van der Waals surface area contributed by atoms with Gasteiger partial charge in [-0.3, -0.25) is 4.79 Å². The number of carbonyl (C=O) groups is 1. The maximum absolute atomic E-state index is 13.3. The highest BCUT2D eigenvalue weighted by Gasteiger charge is 2.23. The summed E-state index contributed by atoms with van der Waals surface area (Å²) in [5.41, 5.74) is 6.88. The number of nitrogens with one attached hydrogen (secondary N) is 2. The normalized spacial score (nSPS) is 12.7. The summed E-state index contributed by atoms with van der Waals surface area (Å²) in [5, 5.41) is 27.5. The molecule has 3 aromatic heterocycles. The van der Waals surface area contributed by atoms with Gasteiger partial charge in [-0.05, 0) is 74.9 Å². The van der Waals surface area contributed by atoms with Gasteiger partial charge < -0.3 is 29.8 Å². The number of aryl methyl sites for hydroxylation is 3. The van der Waals surface area contributed by atoms with E-state index in [4.69, 9.17) is 24.3 Å². The largest absolute Gasteiger partial charge is 0.496 e. The SMILES string of the molecule is COc1cc2c(cc1-c1c(C)noc1C)[nH]c1nc(C)nc(-c3cc(C(=O)NCCCC(O)CO)cc(C(C)(C)C)c3)c12. The van der Waals surface area contributed by atoms with Crippen LogP contribution >= 0.6 is 0 Å². The lowest BCUT2D eigenvalue weighted by molar-refractivity contribution is 0.0848. The van der Waals surface area contributed by atoms with Gasteiger partial charge in [0.2, 0.25) is 0 Å². The number of fused-ring (bicyclic) bond motifs is 3. The number of hydrogen-bond acceptors (Lipinski definition) is 8. The second-order valence-corrected chi connectivity index (χ2v) is 12.0. The number of carbonyl (C=O) groups excluding carboxylic acids is 1. The quantitative estimate of drug-likeness (QED) is 0.165. The average Bonchev–Trinajstić information content (AvgIpc) is 3.50. The van der Waals surface area contributed by atoms with Crippen molar-refractivity contribution in [3.63, 3.8) is 0 Å². The van der Waals surface area contributed by atoms with Gasteiger partial charge in [0.25, 0.3) is 5.91 Å². The molecular weight excluding hydrogens is 546 g/mol. The number of H-pyrrole nitrogens is 1. The summed E-state index contributed by atoms with van der Waals surface area (Å²) < 4.78 is 11.3. The maximum atomic E-state index is 13.3. The highest BCUT2D eigenvalue weighted by atomic mass is 16.5. The van der Waals surface area contributed by atoms with E-state index in [0.717, 1.165) is 44.2 Å². The smallest absolute Gasteiger partial charge is 0.251 e. The molecule has 0 aliphatic rings. The Morgan fingerprint density at radius 3 is 2.53 bits per heavy atom. The van der Waals surface area contributed by atoms with Crippen molar-refractivity contribution in [2.24, 2.45) is 0 Å². The summed E-state index contributed by atoms with van der Waals surface area (Å²) >= 11 is 0. The molecule has 1 unspecified atom stereocenters. The lowest BCUT2D eigenvalue weighted by Gasteiger charge is -2.21. The number of methoxy groups -OCH3 is 1. The third kappa shape index (κ3) is 5.98. The molecule has 5 aromatic rings. The Morgan fingerprint density at radius 2 is 1.88 bits per heavy atom. The van der Waals surface area contributed by atoms with Crippen molar-refractivity contribution in [3.8, 4) is 28.1 Å². The van der Waals surface area contributed by atoms with E-state index in [0.29, 0.717) is 53.6 Å². The summed E-state index contributed by atoms with van der Waals surface area (Å²) in [6.45, 7) is 12.1. The molecule has 10 nitrogen and oxygen atoms in total. The van der Waals surface area contributed by atoms with Crippen LogP contribution in [-0.4, -0.2) is 62.6 Å². The van der Waals surface area contributed by atoms with Crippen LogP contribution in [0.2, 0.25) is 0 Å². The van der Waals surface area contributed by atoms with Gasteiger partial charge >= 0.3 is 0 Å². The lowest BCUT2D eigenvalue weighted by atomic mass is 9.84. The number of amides is 1. The number of aliphatic hydroxyl groups excluding tert-OH is 2. The minimum Gasteiger partial charge on any atom is -0.496 e. The van der Waals surface area contributed by atoms with Crippen LogP contribution in [0.1, 0.15) is 66.8 Å². The summed E-state index contributed by atoms with van der Waals surface area (Å²) in [4.78, 5) is 26.4. The molecule has 226 valence electrons. The Kier molecular flexibility index (Phi) is 8.27. The predicted molar refractivity (Wildman–Crippen MR) is 166 cm³/mol.